The van der Waals surface area contributed by atoms with Gasteiger partial charge in [0, 0.05) is 33.1 Å². The minimum Gasteiger partial charge on any atom is -0.347 e. The Hall–Kier alpha value is -1.88. The van der Waals surface area contributed by atoms with Crippen molar-refractivity contribution in [2.45, 2.75) is 19.5 Å². The van der Waals surface area contributed by atoms with E-state index in [9.17, 15) is 4.79 Å². The molecule has 1 unspecified atom stereocenters. The van der Waals surface area contributed by atoms with Crippen molar-refractivity contribution < 1.29 is 4.79 Å². The highest BCUT2D eigenvalue weighted by molar-refractivity contribution is 5.82. The predicted molar refractivity (Wildman–Crippen MR) is 75.7 cm³/mol. The normalized spacial score (nSPS) is 12.6. The van der Waals surface area contributed by atoms with E-state index in [1.165, 1.54) is 0 Å². The number of likely N-dealkylation sites (N-methyl/N-ethyl adjacent to an activating group) is 1. The molecule has 1 aromatic carbocycles. The number of aromatic nitrogens is 2. The van der Waals surface area contributed by atoms with E-state index in [0.29, 0.717) is 6.54 Å². The molecule has 19 heavy (non-hydrogen) atoms. The van der Waals surface area contributed by atoms with Crippen LogP contribution in [0.15, 0.2) is 24.3 Å². The van der Waals surface area contributed by atoms with Crippen LogP contribution in [0.3, 0.4) is 0 Å². The maximum Gasteiger partial charge on any atom is 0.238 e. The molecule has 0 saturated carbocycles. The summed E-state index contributed by atoms with van der Waals surface area (Å²) in [5.74, 6) is 0.0697. The number of rotatable bonds is 4. The van der Waals surface area contributed by atoms with Crippen LogP contribution in [-0.4, -0.2) is 40.7 Å². The van der Waals surface area contributed by atoms with Crippen LogP contribution in [0, 0.1) is 0 Å². The van der Waals surface area contributed by atoms with Crippen LogP contribution in [0.25, 0.3) is 10.9 Å². The first-order valence-electron chi connectivity index (χ1n) is 6.36. The van der Waals surface area contributed by atoms with Gasteiger partial charge >= 0.3 is 0 Å². The second kappa shape index (κ2) is 5.40. The Kier molecular flexibility index (Phi) is 3.85. The lowest BCUT2D eigenvalue weighted by Crippen LogP contribution is -2.41. The van der Waals surface area contributed by atoms with Crippen molar-refractivity contribution in [3.05, 3.63) is 30.0 Å². The summed E-state index contributed by atoms with van der Waals surface area (Å²) in [6.45, 7) is 2.45. The van der Waals surface area contributed by atoms with Crippen LogP contribution in [0.1, 0.15) is 12.6 Å². The van der Waals surface area contributed by atoms with Crippen LogP contribution in [0.2, 0.25) is 0 Å². The second-order valence-corrected chi connectivity index (χ2v) is 4.92. The molecule has 0 fully saturated rings. The quantitative estimate of drug-likeness (QED) is 0.897. The number of para-hydroxylation sites is 1. The van der Waals surface area contributed by atoms with E-state index in [2.05, 4.69) is 16.5 Å². The summed E-state index contributed by atoms with van der Waals surface area (Å²) in [5, 5.41) is 8.84. The third-order valence-corrected chi connectivity index (χ3v) is 3.22. The SMILES string of the molecule is CC(NCc1nn(C)c2ccccc12)C(=O)N(C)C. The molecule has 5 heteroatoms. The van der Waals surface area contributed by atoms with Gasteiger partial charge in [-0.25, -0.2) is 0 Å². The number of aryl methyl sites for hydroxylation is 1. The van der Waals surface area contributed by atoms with Gasteiger partial charge in [-0.05, 0) is 13.0 Å². The Bertz CT molecular complexity index is 588. The monoisotopic (exact) mass is 260 g/mol. The van der Waals surface area contributed by atoms with Crippen molar-refractivity contribution in [1.29, 1.82) is 0 Å². The fourth-order valence-electron chi connectivity index (χ4n) is 2.14. The lowest BCUT2D eigenvalue weighted by atomic mass is 10.2. The summed E-state index contributed by atoms with van der Waals surface area (Å²) in [4.78, 5) is 13.4. The topological polar surface area (TPSA) is 50.2 Å². The Morgan fingerprint density at radius 3 is 2.79 bits per heavy atom. The van der Waals surface area contributed by atoms with Gasteiger partial charge in [0.15, 0.2) is 0 Å². The van der Waals surface area contributed by atoms with Gasteiger partial charge in [-0.2, -0.15) is 5.10 Å². The number of fused-ring (bicyclic) bond motifs is 1. The smallest absolute Gasteiger partial charge is 0.238 e. The maximum absolute atomic E-state index is 11.8. The largest absolute Gasteiger partial charge is 0.347 e. The van der Waals surface area contributed by atoms with Gasteiger partial charge in [-0.3, -0.25) is 9.48 Å². The Balaban J connectivity index is 2.12. The van der Waals surface area contributed by atoms with Crippen LogP contribution >= 0.6 is 0 Å². The first-order chi connectivity index (χ1) is 9.00. The van der Waals surface area contributed by atoms with Crippen molar-refractivity contribution in [1.82, 2.24) is 20.0 Å². The number of hydrogen-bond donors (Lipinski definition) is 1. The molecule has 102 valence electrons. The molecule has 0 spiro atoms. The average Bonchev–Trinajstić information content (AvgIpc) is 2.72. The summed E-state index contributed by atoms with van der Waals surface area (Å²) >= 11 is 0. The highest BCUT2D eigenvalue weighted by Crippen LogP contribution is 2.17. The van der Waals surface area contributed by atoms with Crippen LogP contribution in [0.4, 0.5) is 0 Å². The predicted octanol–water partition coefficient (Wildman–Crippen LogP) is 1.14. The van der Waals surface area contributed by atoms with E-state index in [0.717, 1.165) is 16.6 Å². The number of carbonyl (C=O) groups is 1. The Labute approximate surface area is 113 Å². The van der Waals surface area contributed by atoms with E-state index in [4.69, 9.17) is 0 Å². The molecule has 1 amide bonds. The molecule has 0 aliphatic rings. The Morgan fingerprint density at radius 1 is 1.42 bits per heavy atom. The van der Waals surface area contributed by atoms with E-state index in [-0.39, 0.29) is 11.9 Å². The molecule has 2 aromatic rings. The fraction of sp³-hybridized carbons (Fsp3) is 0.429. The molecule has 2 rings (SSSR count). The average molecular weight is 260 g/mol. The third kappa shape index (κ3) is 2.76. The Morgan fingerprint density at radius 2 is 2.11 bits per heavy atom. The summed E-state index contributed by atoms with van der Waals surface area (Å²) in [7, 11) is 5.45. The van der Waals surface area contributed by atoms with Crippen LogP contribution in [-0.2, 0) is 18.4 Å². The first-order valence-corrected chi connectivity index (χ1v) is 6.36. The molecule has 0 aliphatic carbocycles. The van der Waals surface area contributed by atoms with E-state index in [1.54, 1.807) is 19.0 Å². The van der Waals surface area contributed by atoms with Crippen LogP contribution < -0.4 is 5.32 Å². The van der Waals surface area contributed by atoms with Gasteiger partial charge in [0.1, 0.15) is 0 Å². The summed E-state index contributed by atoms with van der Waals surface area (Å²) in [5.41, 5.74) is 2.07. The van der Waals surface area contributed by atoms with Gasteiger partial charge in [-0.1, -0.05) is 18.2 Å². The van der Waals surface area contributed by atoms with Gasteiger partial charge in [0.05, 0.1) is 17.3 Å². The minimum atomic E-state index is -0.212. The van der Waals surface area contributed by atoms with E-state index < -0.39 is 0 Å². The fourth-order valence-corrected chi connectivity index (χ4v) is 2.14. The van der Waals surface area contributed by atoms with Gasteiger partial charge < -0.3 is 10.2 Å². The second-order valence-electron chi connectivity index (χ2n) is 4.92. The molecule has 1 heterocycles. The lowest BCUT2D eigenvalue weighted by molar-refractivity contribution is -0.130. The van der Waals surface area contributed by atoms with Crippen molar-refractivity contribution in [3.8, 4) is 0 Å². The molecule has 0 aliphatic heterocycles. The molecule has 1 aromatic heterocycles. The number of nitrogens with one attached hydrogen (secondary N) is 1. The lowest BCUT2D eigenvalue weighted by Gasteiger charge is -2.17. The summed E-state index contributed by atoms with van der Waals surface area (Å²) < 4.78 is 1.87. The number of amides is 1. The molecular formula is C14H20N4O. The van der Waals surface area contributed by atoms with Crippen molar-refractivity contribution >= 4 is 16.8 Å². The van der Waals surface area contributed by atoms with Gasteiger partial charge in [0.2, 0.25) is 5.91 Å². The molecule has 5 nitrogen and oxygen atoms in total. The van der Waals surface area contributed by atoms with Crippen LogP contribution in [0.5, 0.6) is 0 Å². The summed E-state index contributed by atoms with van der Waals surface area (Å²) in [6.07, 6.45) is 0. The highest BCUT2D eigenvalue weighted by atomic mass is 16.2. The number of carbonyl (C=O) groups excluding carboxylic acids is 1. The van der Waals surface area contributed by atoms with Crippen molar-refractivity contribution in [2.75, 3.05) is 14.1 Å². The van der Waals surface area contributed by atoms with Crippen molar-refractivity contribution in [3.63, 3.8) is 0 Å². The van der Waals surface area contributed by atoms with E-state index in [1.807, 2.05) is 36.9 Å². The molecular weight excluding hydrogens is 240 g/mol. The highest BCUT2D eigenvalue weighted by Gasteiger charge is 2.15. The molecule has 0 bridgehead atoms. The molecule has 0 radical (unpaired) electrons. The number of hydrogen-bond acceptors (Lipinski definition) is 3. The number of nitrogens with zero attached hydrogens (tertiary/aromatic N) is 3. The van der Waals surface area contributed by atoms with Gasteiger partial charge in [-0.15, -0.1) is 0 Å². The molecule has 0 saturated heterocycles. The maximum atomic E-state index is 11.8. The van der Waals surface area contributed by atoms with Gasteiger partial charge in [0.25, 0.3) is 0 Å². The van der Waals surface area contributed by atoms with E-state index >= 15 is 0 Å². The zero-order valence-corrected chi connectivity index (χ0v) is 11.8. The summed E-state index contributed by atoms with van der Waals surface area (Å²) in [6, 6.07) is 7.88. The first kappa shape index (κ1) is 13.5. The van der Waals surface area contributed by atoms with Crippen molar-refractivity contribution in [2.24, 2.45) is 7.05 Å². The third-order valence-electron chi connectivity index (χ3n) is 3.22. The molecule has 1 atom stereocenters. The zero-order valence-electron chi connectivity index (χ0n) is 11.8. The standard InChI is InChI=1S/C14H20N4O/c1-10(14(19)17(2)3)15-9-12-11-7-5-6-8-13(11)18(4)16-12/h5-8,10,15H,9H2,1-4H3. The number of benzene rings is 1. The zero-order chi connectivity index (χ0) is 14.0. The molecule has 1 N–H and O–H groups in total. The minimum absolute atomic E-state index is 0.0697.